The van der Waals surface area contributed by atoms with Crippen molar-refractivity contribution < 1.29 is 23.2 Å². The van der Waals surface area contributed by atoms with E-state index in [0.29, 0.717) is 41.4 Å². The van der Waals surface area contributed by atoms with Crippen molar-refractivity contribution in [1.29, 1.82) is 0 Å². The Hall–Kier alpha value is -2.82. The monoisotopic (exact) mass is 611 g/mol. The fraction of sp³-hybridized carbons (Fsp3) is 0.414. The van der Waals surface area contributed by atoms with Crippen LogP contribution in [0.3, 0.4) is 0 Å². The standard InChI is InChI=1S/C29H27BrFN3O4S/c1-36-28(35)16-10-22(30)26-24(11-16)39-29(32-26)34-17-8-9-18(34)13-19(12-17)37-14-21-25(20-4-2-3-5-23(20)31)33-38-27(21)15-6-7-15/h2-5,10-11,15,17-19H,6-9,12-14H2,1H3. The average Bonchev–Trinajstić information content (AvgIpc) is 3.45. The van der Waals surface area contributed by atoms with E-state index in [1.165, 1.54) is 13.2 Å². The zero-order valence-corrected chi connectivity index (χ0v) is 23.8. The van der Waals surface area contributed by atoms with E-state index in [1.54, 1.807) is 29.5 Å². The molecule has 7 nitrogen and oxygen atoms in total. The molecule has 0 N–H and O–H groups in total. The number of aromatic nitrogens is 2. The molecule has 2 bridgehead atoms. The van der Waals surface area contributed by atoms with Crippen LogP contribution in [-0.2, 0) is 16.1 Å². The summed E-state index contributed by atoms with van der Waals surface area (Å²) in [6.07, 6.45) is 6.23. The largest absolute Gasteiger partial charge is 0.465 e. The summed E-state index contributed by atoms with van der Waals surface area (Å²) in [7, 11) is 1.39. The Kier molecular flexibility index (Phi) is 6.44. The first-order chi connectivity index (χ1) is 19.0. The van der Waals surface area contributed by atoms with Crippen LogP contribution in [0.4, 0.5) is 9.52 Å². The third-order valence-corrected chi connectivity index (χ3v) is 9.75. The number of thiazole rings is 1. The van der Waals surface area contributed by atoms with Gasteiger partial charge in [0, 0.05) is 33.6 Å². The maximum absolute atomic E-state index is 14.6. The molecule has 3 fully saturated rings. The summed E-state index contributed by atoms with van der Waals surface area (Å²) in [5.41, 5.74) is 3.27. The van der Waals surface area contributed by atoms with Gasteiger partial charge in [-0.05, 0) is 78.7 Å². The molecule has 3 aliphatic rings. The Bertz CT molecular complexity index is 1550. The van der Waals surface area contributed by atoms with E-state index in [1.807, 2.05) is 12.1 Å². The van der Waals surface area contributed by atoms with E-state index in [0.717, 1.165) is 69.7 Å². The average molecular weight is 613 g/mol. The van der Waals surface area contributed by atoms with E-state index in [9.17, 15) is 9.18 Å². The van der Waals surface area contributed by atoms with E-state index in [2.05, 4.69) is 26.0 Å². The van der Waals surface area contributed by atoms with Gasteiger partial charge in [0.1, 0.15) is 17.3 Å². The summed E-state index contributed by atoms with van der Waals surface area (Å²) in [5.74, 6) is 0.538. The Morgan fingerprint density at radius 3 is 2.67 bits per heavy atom. The number of benzene rings is 2. The summed E-state index contributed by atoms with van der Waals surface area (Å²) in [4.78, 5) is 19.5. The summed E-state index contributed by atoms with van der Waals surface area (Å²) in [6, 6.07) is 11.0. The third-order valence-electron chi connectivity index (χ3n) is 8.13. The highest BCUT2D eigenvalue weighted by Crippen LogP contribution is 2.46. The second kappa shape index (κ2) is 9.98. The number of esters is 1. The van der Waals surface area contributed by atoms with Crippen molar-refractivity contribution >= 4 is 48.6 Å². The number of rotatable bonds is 7. The number of halogens is 2. The summed E-state index contributed by atoms with van der Waals surface area (Å²) < 4.78 is 33.5. The molecule has 4 aromatic rings. The molecule has 2 saturated heterocycles. The topological polar surface area (TPSA) is 77.7 Å². The smallest absolute Gasteiger partial charge is 0.337 e. The molecule has 2 unspecified atom stereocenters. The van der Waals surface area contributed by atoms with Crippen LogP contribution in [0, 0.1) is 5.82 Å². The zero-order valence-electron chi connectivity index (χ0n) is 21.4. The van der Waals surface area contributed by atoms with Gasteiger partial charge in [-0.3, -0.25) is 0 Å². The lowest BCUT2D eigenvalue weighted by Crippen LogP contribution is -2.45. The minimum atomic E-state index is -0.360. The number of ether oxygens (including phenoxy) is 2. The lowest BCUT2D eigenvalue weighted by molar-refractivity contribution is 0.0147. The number of methoxy groups -OCH3 is 1. The zero-order chi connectivity index (χ0) is 26.7. The van der Waals surface area contributed by atoms with Crippen LogP contribution in [0.2, 0.25) is 0 Å². The molecular formula is C29H27BrFN3O4S. The first-order valence-electron chi connectivity index (χ1n) is 13.3. The molecule has 202 valence electrons. The molecular weight excluding hydrogens is 585 g/mol. The molecule has 1 saturated carbocycles. The van der Waals surface area contributed by atoms with Crippen molar-refractivity contribution in [3.05, 3.63) is 63.6 Å². The number of piperidine rings is 1. The molecule has 2 aromatic heterocycles. The van der Waals surface area contributed by atoms with Gasteiger partial charge in [0.05, 0.1) is 35.6 Å². The van der Waals surface area contributed by atoms with Gasteiger partial charge in [0.25, 0.3) is 0 Å². The van der Waals surface area contributed by atoms with Crippen LogP contribution in [-0.4, -0.2) is 41.4 Å². The highest BCUT2D eigenvalue weighted by atomic mass is 79.9. The van der Waals surface area contributed by atoms with Gasteiger partial charge in [-0.2, -0.15) is 0 Å². The summed E-state index contributed by atoms with van der Waals surface area (Å²) in [6.45, 7) is 0.369. The number of carbonyl (C=O) groups excluding carboxylic acids is 1. The van der Waals surface area contributed by atoms with Crippen LogP contribution in [0.1, 0.15) is 66.1 Å². The van der Waals surface area contributed by atoms with E-state index in [4.69, 9.17) is 19.0 Å². The van der Waals surface area contributed by atoms with Crippen molar-refractivity contribution in [2.24, 2.45) is 0 Å². The predicted octanol–water partition coefficient (Wildman–Crippen LogP) is 7.23. The fourth-order valence-electron chi connectivity index (χ4n) is 6.09. The van der Waals surface area contributed by atoms with Crippen LogP contribution in [0.25, 0.3) is 21.5 Å². The van der Waals surface area contributed by atoms with Crippen molar-refractivity contribution in [2.45, 2.75) is 69.2 Å². The molecule has 2 aromatic carbocycles. The molecule has 2 aliphatic heterocycles. The molecule has 0 radical (unpaired) electrons. The van der Waals surface area contributed by atoms with E-state index < -0.39 is 0 Å². The highest BCUT2D eigenvalue weighted by molar-refractivity contribution is 9.10. The third kappa shape index (κ3) is 4.56. The second-order valence-corrected chi connectivity index (χ2v) is 12.5. The van der Waals surface area contributed by atoms with Crippen LogP contribution < -0.4 is 4.90 Å². The lowest BCUT2D eigenvalue weighted by atomic mass is 10.00. The van der Waals surface area contributed by atoms with Gasteiger partial charge in [0.2, 0.25) is 0 Å². The van der Waals surface area contributed by atoms with Crippen LogP contribution in [0.15, 0.2) is 45.4 Å². The number of anilines is 1. The van der Waals surface area contributed by atoms with Gasteiger partial charge in [-0.1, -0.05) is 28.6 Å². The minimum Gasteiger partial charge on any atom is -0.465 e. The first kappa shape index (κ1) is 25.2. The summed E-state index contributed by atoms with van der Waals surface area (Å²) >= 11 is 5.20. The number of nitrogens with zero attached hydrogens (tertiary/aromatic N) is 3. The first-order valence-corrected chi connectivity index (χ1v) is 14.9. The minimum absolute atomic E-state index is 0.0983. The molecule has 7 rings (SSSR count). The van der Waals surface area contributed by atoms with Crippen molar-refractivity contribution in [2.75, 3.05) is 12.0 Å². The molecule has 2 atom stereocenters. The SMILES string of the molecule is COC(=O)c1cc(Br)c2nc(N3C4CCC3CC(OCc3c(-c5ccccc5F)noc3C3CC3)C4)sc2c1. The summed E-state index contributed by atoms with van der Waals surface area (Å²) in [5, 5.41) is 5.26. The van der Waals surface area contributed by atoms with Crippen molar-refractivity contribution in [3.63, 3.8) is 0 Å². The van der Waals surface area contributed by atoms with Crippen LogP contribution >= 0.6 is 27.3 Å². The Labute approximate surface area is 237 Å². The Balaban J connectivity index is 1.10. The normalized spacial score (nSPS) is 22.5. The fourth-order valence-corrected chi connectivity index (χ4v) is 7.95. The van der Waals surface area contributed by atoms with Gasteiger partial charge in [-0.25, -0.2) is 14.2 Å². The number of fused-ring (bicyclic) bond motifs is 3. The van der Waals surface area contributed by atoms with Gasteiger partial charge < -0.3 is 18.9 Å². The van der Waals surface area contributed by atoms with E-state index in [-0.39, 0.29) is 17.9 Å². The van der Waals surface area contributed by atoms with Crippen LogP contribution in [0.5, 0.6) is 0 Å². The molecule has 4 heterocycles. The highest BCUT2D eigenvalue weighted by Gasteiger charge is 2.43. The molecule has 0 spiro atoms. The number of hydrogen-bond donors (Lipinski definition) is 0. The maximum Gasteiger partial charge on any atom is 0.337 e. The Morgan fingerprint density at radius 2 is 1.95 bits per heavy atom. The molecule has 0 amide bonds. The number of carbonyl (C=O) groups is 1. The predicted molar refractivity (Wildman–Crippen MR) is 150 cm³/mol. The maximum atomic E-state index is 14.6. The molecule has 39 heavy (non-hydrogen) atoms. The molecule has 10 heteroatoms. The van der Waals surface area contributed by atoms with Crippen molar-refractivity contribution in [1.82, 2.24) is 10.1 Å². The second-order valence-electron chi connectivity index (χ2n) is 10.6. The van der Waals surface area contributed by atoms with Gasteiger partial charge in [-0.15, -0.1) is 0 Å². The van der Waals surface area contributed by atoms with Gasteiger partial charge in [0.15, 0.2) is 5.13 Å². The lowest BCUT2D eigenvalue weighted by Gasteiger charge is -2.38. The van der Waals surface area contributed by atoms with E-state index >= 15 is 0 Å². The Morgan fingerprint density at radius 1 is 1.18 bits per heavy atom. The quantitative estimate of drug-likeness (QED) is 0.204. The van der Waals surface area contributed by atoms with Gasteiger partial charge >= 0.3 is 5.97 Å². The molecule has 1 aliphatic carbocycles. The van der Waals surface area contributed by atoms with Crippen molar-refractivity contribution in [3.8, 4) is 11.3 Å². The number of hydrogen-bond acceptors (Lipinski definition) is 8.